The molecule has 0 radical (unpaired) electrons. The summed E-state index contributed by atoms with van der Waals surface area (Å²) < 4.78 is 39.1. The van der Waals surface area contributed by atoms with Gasteiger partial charge in [-0.3, -0.25) is 0 Å². The average molecular weight is 404 g/mol. The number of rotatable bonds is 6. The molecule has 3 aromatic heterocycles. The Labute approximate surface area is 165 Å². The number of aliphatic hydroxyl groups is 1. The van der Waals surface area contributed by atoms with Gasteiger partial charge < -0.3 is 15.7 Å². The Kier molecular flexibility index (Phi) is 5.64. The molecule has 0 amide bonds. The van der Waals surface area contributed by atoms with Crippen LogP contribution in [-0.4, -0.2) is 37.2 Å². The van der Waals surface area contributed by atoms with Gasteiger partial charge in [-0.25, -0.2) is 19.9 Å². The zero-order chi connectivity index (χ0) is 21.1. The van der Waals surface area contributed by atoms with E-state index in [-0.39, 0.29) is 18.1 Å². The monoisotopic (exact) mass is 404 g/mol. The van der Waals surface area contributed by atoms with E-state index >= 15 is 0 Å². The van der Waals surface area contributed by atoms with Crippen molar-refractivity contribution in [3.63, 3.8) is 0 Å². The van der Waals surface area contributed by atoms with Gasteiger partial charge in [0.25, 0.3) is 0 Å². The van der Waals surface area contributed by atoms with E-state index in [9.17, 15) is 18.3 Å². The lowest BCUT2D eigenvalue weighted by Gasteiger charge is -2.19. The van der Waals surface area contributed by atoms with Crippen LogP contribution in [0.5, 0.6) is 0 Å². The third-order valence-corrected chi connectivity index (χ3v) is 3.62. The van der Waals surface area contributed by atoms with Gasteiger partial charge in [0, 0.05) is 18.8 Å². The molecule has 0 aliphatic rings. The fraction of sp³-hybridized carbons (Fsp3) is 0.263. The van der Waals surface area contributed by atoms with Crippen LogP contribution < -0.4 is 10.6 Å². The van der Waals surface area contributed by atoms with E-state index in [1.807, 2.05) is 0 Å². The van der Waals surface area contributed by atoms with Crippen LogP contribution in [0.3, 0.4) is 0 Å². The number of halogens is 3. The number of alkyl halides is 3. The van der Waals surface area contributed by atoms with Crippen molar-refractivity contribution < 1.29 is 18.3 Å². The zero-order valence-corrected chi connectivity index (χ0v) is 15.7. The van der Waals surface area contributed by atoms with Crippen LogP contribution in [0.1, 0.15) is 19.5 Å². The van der Waals surface area contributed by atoms with Gasteiger partial charge in [-0.15, -0.1) is 0 Å². The Hall–Kier alpha value is -3.27. The summed E-state index contributed by atoms with van der Waals surface area (Å²) in [5, 5.41) is 15.9. The number of pyridine rings is 2. The van der Waals surface area contributed by atoms with E-state index in [4.69, 9.17) is 0 Å². The first kappa shape index (κ1) is 20.5. The van der Waals surface area contributed by atoms with Gasteiger partial charge in [0.15, 0.2) is 5.82 Å². The van der Waals surface area contributed by atoms with Crippen LogP contribution >= 0.6 is 0 Å². The Morgan fingerprint density at radius 3 is 2.34 bits per heavy atom. The first-order chi connectivity index (χ1) is 13.6. The van der Waals surface area contributed by atoms with Gasteiger partial charge in [-0.1, -0.05) is 12.1 Å². The maximum absolute atomic E-state index is 13.0. The minimum Gasteiger partial charge on any atom is -0.389 e. The highest BCUT2D eigenvalue weighted by Crippen LogP contribution is 2.29. The van der Waals surface area contributed by atoms with Crippen molar-refractivity contribution in [2.75, 3.05) is 17.2 Å². The largest absolute Gasteiger partial charge is 0.433 e. The van der Waals surface area contributed by atoms with E-state index in [0.717, 1.165) is 6.07 Å². The maximum Gasteiger partial charge on any atom is 0.433 e. The van der Waals surface area contributed by atoms with Crippen LogP contribution in [-0.2, 0) is 6.18 Å². The molecule has 0 saturated carbocycles. The maximum atomic E-state index is 13.0. The second-order valence-corrected chi connectivity index (χ2v) is 6.87. The van der Waals surface area contributed by atoms with Crippen LogP contribution in [0.25, 0.3) is 11.5 Å². The second kappa shape index (κ2) is 8.00. The number of aromatic nitrogens is 4. The van der Waals surface area contributed by atoms with Gasteiger partial charge in [0.05, 0.1) is 5.60 Å². The second-order valence-electron chi connectivity index (χ2n) is 6.87. The Morgan fingerprint density at radius 1 is 0.931 bits per heavy atom. The van der Waals surface area contributed by atoms with Crippen molar-refractivity contribution in [3.05, 3.63) is 54.4 Å². The molecule has 10 heteroatoms. The van der Waals surface area contributed by atoms with Crippen LogP contribution in [0, 0.1) is 0 Å². The number of hydrogen-bond acceptors (Lipinski definition) is 7. The molecule has 0 fully saturated rings. The van der Waals surface area contributed by atoms with Crippen LogP contribution in [0.15, 0.2) is 48.7 Å². The highest BCUT2D eigenvalue weighted by Gasteiger charge is 2.32. The Morgan fingerprint density at radius 2 is 1.69 bits per heavy atom. The minimum absolute atomic E-state index is 0.00437. The molecule has 3 rings (SSSR count). The molecule has 0 aliphatic carbocycles. The molecule has 7 nitrogen and oxygen atoms in total. The van der Waals surface area contributed by atoms with E-state index in [1.165, 1.54) is 12.1 Å². The van der Waals surface area contributed by atoms with Crippen LogP contribution in [0.4, 0.5) is 30.6 Å². The topological polar surface area (TPSA) is 95.8 Å². The molecule has 0 bridgehead atoms. The standard InChI is InChI=1S/C19H19F3N6O/c1-18(2,29)11-24-15-10-16(26-14-8-3-4-9-23-14)28-17(27-15)12-6-5-7-13(25-12)19(20,21)22/h3-10,29H,11H2,1-2H3,(H2,23,24,26,27,28). The molecular formula is C19H19F3N6O. The third-order valence-electron chi connectivity index (χ3n) is 3.62. The lowest BCUT2D eigenvalue weighted by atomic mass is 10.1. The molecule has 152 valence electrons. The summed E-state index contributed by atoms with van der Waals surface area (Å²) in [6, 6.07) is 10.3. The van der Waals surface area contributed by atoms with Crippen LogP contribution in [0.2, 0.25) is 0 Å². The van der Waals surface area contributed by atoms with E-state index in [2.05, 4.69) is 30.6 Å². The molecule has 3 N–H and O–H groups in total. The summed E-state index contributed by atoms with van der Waals surface area (Å²) in [5.41, 5.74) is -2.09. The van der Waals surface area contributed by atoms with Crippen molar-refractivity contribution in [2.24, 2.45) is 0 Å². The molecule has 29 heavy (non-hydrogen) atoms. The smallest absolute Gasteiger partial charge is 0.389 e. The Balaban J connectivity index is 2.00. The summed E-state index contributed by atoms with van der Waals surface area (Å²) in [6.45, 7) is 3.40. The molecular weight excluding hydrogens is 385 g/mol. The third kappa shape index (κ3) is 5.85. The molecule has 0 unspecified atom stereocenters. The molecule has 0 atom stereocenters. The number of nitrogens with zero attached hydrogens (tertiary/aromatic N) is 4. The highest BCUT2D eigenvalue weighted by molar-refractivity contribution is 5.62. The lowest BCUT2D eigenvalue weighted by molar-refractivity contribution is -0.141. The lowest BCUT2D eigenvalue weighted by Crippen LogP contribution is -2.29. The zero-order valence-electron chi connectivity index (χ0n) is 15.7. The van der Waals surface area contributed by atoms with E-state index in [1.54, 1.807) is 44.3 Å². The van der Waals surface area contributed by atoms with Crippen molar-refractivity contribution in [2.45, 2.75) is 25.6 Å². The Bertz CT molecular complexity index is 974. The summed E-state index contributed by atoms with van der Waals surface area (Å²) in [7, 11) is 0. The minimum atomic E-state index is -4.58. The average Bonchev–Trinajstić information content (AvgIpc) is 2.66. The van der Waals surface area contributed by atoms with Crippen molar-refractivity contribution in [3.8, 4) is 11.5 Å². The molecule has 0 spiro atoms. The number of hydrogen-bond donors (Lipinski definition) is 3. The number of anilines is 3. The molecule has 3 aromatic rings. The summed E-state index contributed by atoms with van der Waals surface area (Å²) in [5.74, 6) is 1.12. The van der Waals surface area contributed by atoms with E-state index < -0.39 is 17.5 Å². The van der Waals surface area contributed by atoms with Gasteiger partial charge in [-0.05, 0) is 38.1 Å². The highest BCUT2D eigenvalue weighted by atomic mass is 19.4. The quantitative estimate of drug-likeness (QED) is 0.574. The van der Waals surface area contributed by atoms with Gasteiger partial charge in [0.2, 0.25) is 0 Å². The number of nitrogens with one attached hydrogen (secondary N) is 2. The van der Waals surface area contributed by atoms with Gasteiger partial charge in [-0.2, -0.15) is 13.2 Å². The SMILES string of the molecule is CC(C)(O)CNc1cc(Nc2ccccn2)nc(-c2cccc(C(F)(F)F)n2)n1. The van der Waals surface area contributed by atoms with Crippen molar-refractivity contribution in [1.29, 1.82) is 0 Å². The fourth-order valence-electron chi connectivity index (χ4n) is 2.31. The summed E-state index contributed by atoms with van der Waals surface area (Å²) >= 11 is 0. The van der Waals surface area contributed by atoms with Gasteiger partial charge >= 0.3 is 6.18 Å². The van der Waals surface area contributed by atoms with Crippen molar-refractivity contribution >= 4 is 17.5 Å². The predicted molar refractivity (Wildman–Crippen MR) is 103 cm³/mol. The van der Waals surface area contributed by atoms with Gasteiger partial charge in [0.1, 0.15) is 28.8 Å². The summed E-state index contributed by atoms with van der Waals surface area (Å²) in [4.78, 5) is 16.3. The normalized spacial score (nSPS) is 11.9. The molecule has 0 aromatic carbocycles. The summed E-state index contributed by atoms with van der Waals surface area (Å²) in [6.07, 6.45) is -2.99. The molecule has 3 heterocycles. The molecule has 0 saturated heterocycles. The molecule has 0 aliphatic heterocycles. The fourth-order valence-corrected chi connectivity index (χ4v) is 2.31. The first-order valence-corrected chi connectivity index (χ1v) is 8.68. The van der Waals surface area contributed by atoms with Crippen molar-refractivity contribution in [1.82, 2.24) is 19.9 Å². The first-order valence-electron chi connectivity index (χ1n) is 8.68. The predicted octanol–water partition coefficient (Wildman–Crippen LogP) is 3.88. The van der Waals surface area contributed by atoms with E-state index in [0.29, 0.717) is 17.5 Å².